The van der Waals surface area contributed by atoms with Crippen LogP contribution in [0.2, 0.25) is 0 Å². The Kier molecular flexibility index (Phi) is 4.45. The first kappa shape index (κ1) is 16.7. The summed E-state index contributed by atoms with van der Waals surface area (Å²) < 4.78 is 1.29. The van der Waals surface area contributed by atoms with E-state index in [1.165, 1.54) is 16.8 Å². The van der Waals surface area contributed by atoms with E-state index in [9.17, 15) is 9.59 Å². The van der Waals surface area contributed by atoms with Crippen molar-refractivity contribution >= 4 is 22.5 Å². The van der Waals surface area contributed by atoms with Gasteiger partial charge in [-0.3, -0.25) is 14.6 Å². The van der Waals surface area contributed by atoms with E-state index >= 15 is 0 Å². The number of hydrogen-bond donors (Lipinski definition) is 1. The Hall–Kier alpha value is -3.80. The summed E-state index contributed by atoms with van der Waals surface area (Å²) in [6.07, 6.45) is 1.70. The molecule has 0 saturated carbocycles. The molecular formula is C21H16N4O2. The lowest BCUT2D eigenvalue weighted by Crippen LogP contribution is -2.26. The highest BCUT2D eigenvalue weighted by Gasteiger charge is 2.12. The summed E-state index contributed by atoms with van der Waals surface area (Å²) in [7, 11) is 0. The minimum atomic E-state index is -0.381. The number of nitrogens with zero attached hydrogens (tertiary/aromatic N) is 3. The first-order valence-electron chi connectivity index (χ1n) is 8.48. The van der Waals surface area contributed by atoms with Gasteiger partial charge in [-0.25, -0.2) is 4.68 Å². The molecular weight excluding hydrogens is 340 g/mol. The average molecular weight is 356 g/mol. The number of hydrogen-bond acceptors (Lipinski definition) is 4. The van der Waals surface area contributed by atoms with Gasteiger partial charge in [-0.15, -0.1) is 0 Å². The van der Waals surface area contributed by atoms with Crippen LogP contribution in [-0.2, 0) is 6.54 Å². The number of anilines is 1. The van der Waals surface area contributed by atoms with Crippen LogP contribution in [0.1, 0.15) is 16.1 Å². The summed E-state index contributed by atoms with van der Waals surface area (Å²) in [6.45, 7) is 0.305. The van der Waals surface area contributed by atoms with Crippen molar-refractivity contribution < 1.29 is 4.79 Å². The van der Waals surface area contributed by atoms with Crippen LogP contribution in [-0.4, -0.2) is 20.7 Å². The molecule has 2 aromatic carbocycles. The van der Waals surface area contributed by atoms with Crippen LogP contribution in [0.3, 0.4) is 0 Å². The van der Waals surface area contributed by atoms with Gasteiger partial charge < -0.3 is 5.32 Å². The SMILES string of the molecule is O=C(Nc1cccc2ncccc12)c1ccc(=O)n(Cc2ccccc2)n1. The maximum atomic E-state index is 12.7. The molecule has 0 aliphatic heterocycles. The molecule has 27 heavy (non-hydrogen) atoms. The van der Waals surface area contributed by atoms with Crippen molar-refractivity contribution in [2.45, 2.75) is 6.54 Å². The third-order valence-corrected chi connectivity index (χ3v) is 4.17. The van der Waals surface area contributed by atoms with Crippen LogP contribution in [0, 0.1) is 0 Å². The number of fused-ring (bicyclic) bond motifs is 1. The first-order valence-corrected chi connectivity index (χ1v) is 8.48. The number of pyridine rings is 1. The number of aromatic nitrogens is 3. The highest BCUT2D eigenvalue weighted by atomic mass is 16.2. The highest BCUT2D eigenvalue weighted by molar-refractivity contribution is 6.07. The van der Waals surface area contributed by atoms with E-state index in [0.717, 1.165) is 16.5 Å². The van der Waals surface area contributed by atoms with Crippen molar-refractivity contribution in [2.75, 3.05) is 5.32 Å². The van der Waals surface area contributed by atoms with Crippen LogP contribution in [0.4, 0.5) is 5.69 Å². The second kappa shape index (κ2) is 7.21. The molecule has 2 aromatic heterocycles. The van der Waals surface area contributed by atoms with Gasteiger partial charge in [0.25, 0.3) is 11.5 Å². The van der Waals surface area contributed by atoms with Crippen LogP contribution >= 0.6 is 0 Å². The van der Waals surface area contributed by atoms with E-state index in [1.54, 1.807) is 6.20 Å². The molecule has 0 fully saturated rings. The molecule has 6 nitrogen and oxygen atoms in total. The molecule has 4 rings (SSSR count). The fourth-order valence-corrected chi connectivity index (χ4v) is 2.84. The van der Waals surface area contributed by atoms with Gasteiger partial charge in [-0.05, 0) is 35.9 Å². The molecule has 2 heterocycles. The topological polar surface area (TPSA) is 76.9 Å². The molecule has 0 unspecified atom stereocenters. The van der Waals surface area contributed by atoms with Crippen molar-refractivity contribution in [1.82, 2.24) is 14.8 Å². The molecule has 1 amide bonds. The zero-order valence-electron chi connectivity index (χ0n) is 14.4. The Morgan fingerprint density at radius 2 is 1.78 bits per heavy atom. The van der Waals surface area contributed by atoms with Crippen LogP contribution in [0.5, 0.6) is 0 Å². The summed E-state index contributed by atoms with van der Waals surface area (Å²) in [5, 5.41) is 7.91. The van der Waals surface area contributed by atoms with E-state index in [4.69, 9.17) is 0 Å². The lowest BCUT2D eigenvalue weighted by atomic mass is 10.2. The van der Waals surface area contributed by atoms with E-state index < -0.39 is 0 Å². The molecule has 0 atom stereocenters. The van der Waals surface area contributed by atoms with E-state index in [2.05, 4.69) is 15.4 Å². The number of amides is 1. The first-order chi connectivity index (χ1) is 13.2. The molecule has 0 aliphatic rings. The minimum absolute atomic E-state index is 0.173. The fourth-order valence-electron chi connectivity index (χ4n) is 2.84. The maximum Gasteiger partial charge on any atom is 0.276 e. The highest BCUT2D eigenvalue weighted by Crippen LogP contribution is 2.21. The average Bonchev–Trinajstić information content (AvgIpc) is 2.71. The smallest absolute Gasteiger partial charge is 0.276 e. The molecule has 6 heteroatoms. The summed E-state index contributed by atoms with van der Waals surface area (Å²) in [4.78, 5) is 29.0. The predicted octanol–water partition coefficient (Wildman–Crippen LogP) is 3.09. The Morgan fingerprint density at radius 1 is 0.926 bits per heavy atom. The Bertz CT molecular complexity index is 1160. The van der Waals surface area contributed by atoms with Crippen molar-refractivity contribution in [3.05, 3.63) is 101 Å². The molecule has 0 aliphatic carbocycles. The van der Waals surface area contributed by atoms with Crippen LogP contribution < -0.4 is 10.9 Å². The Labute approximate surface area is 155 Å². The van der Waals surface area contributed by atoms with Crippen molar-refractivity contribution in [3.8, 4) is 0 Å². The predicted molar refractivity (Wildman–Crippen MR) is 104 cm³/mol. The number of carbonyl (C=O) groups excluding carboxylic acids is 1. The van der Waals surface area contributed by atoms with Crippen LogP contribution in [0.25, 0.3) is 10.9 Å². The molecule has 0 bridgehead atoms. The quantitative estimate of drug-likeness (QED) is 0.610. The standard InChI is InChI=1S/C21H16N4O2/c26-20-12-11-19(24-25(20)14-15-6-2-1-3-7-15)21(27)23-18-10-4-9-17-16(18)8-5-13-22-17/h1-13H,14H2,(H,23,27). The Balaban J connectivity index is 1.62. The largest absolute Gasteiger partial charge is 0.320 e. The zero-order chi connectivity index (χ0) is 18.6. The third-order valence-electron chi connectivity index (χ3n) is 4.17. The summed E-state index contributed by atoms with van der Waals surface area (Å²) >= 11 is 0. The number of nitrogens with one attached hydrogen (secondary N) is 1. The van der Waals surface area contributed by atoms with Gasteiger partial charge >= 0.3 is 0 Å². The lowest BCUT2D eigenvalue weighted by molar-refractivity contribution is 0.102. The van der Waals surface area contributed by atoms with Crippen molar-refractivity contribution in [1.29, 1.82) is 0 Å². The van der Waals surface area contributed by atoms with E-state index in [-0.39, 0.29) is 17.2 Å². The number of rotatable bonds is 4. The molecule has 1 N–H and O–H groups in total. The van der Waals surface area contributed by atoms with Crippen molar-refractivity contribution in [3.63, 3.8) is 0 Å². The van der Waals surface area contributed by atoms with E-state index in [1.807, 2.05) is 60.7 Å². The van der Waals surface area contributed by atoms with Crippen molar-refractivity contribution in [2.24, 2.45) is 0 Å². The van der Waals surface area contributed by atoms with Gasteiger partial charge in [0, 0.05) is 17.6 Å². The second-order valence-corrected chi connectivity index (χ2v) is 6.03. The third kappa shape index (κ3) is 3.59. The number of benzene rings is 2. The summed E-state index contributed by atoms with van der Waals surface area (Å²) in [5.41, 5.74) is 2.28. The normalized spacial score (nSPS) is 10.7. The summed E-state index contributed by atoms with van der Waals surface area (Å²) in [6, 6.07) is 21.5. The molecule has 0 saturated heterocycles. The lowest BCUT2D eigenvalue weighted by Gasteiger charge is -2.09. The molecule has 4 aromatic rings. The van der Waals surface area contributed by atoms with Gasteiger partial charge in [-0.1, -0.05) is 36.4 Å². The number of carbonyl (C=O) groups is 1. The van der Waals surface area contributed by atoms with Gasteiger partial charge in [0.05, 0.1) is 17.7 Å². The van der Waals surface area contributed by atoms with E-state index in [0.29, 0.717) is 12.2 Å². The Morgan fingerprint density at radius 3 is 2.63 bits per heavy atom. The maximum absolute atomic E-state index is 12.7. The van der Waals surface area contributed by atoms with Gasteiger partial charge in [0.15, 0.2) is 0 Å². The monoisotopic (exact) mass is 356 g/mol. The van der Waals surface area contributed by atoms with Gasteiger partial charge in [-0.2, -0.15) is 5.10 Å². The molecule has 0 spiro atoms. The molecule has 0 radical (unpaired) electrons. The zero-order valence-corrected chi connectivity index (χ0v) is 14.4. The van der Waals surface area contributed by atoms with Crippen LogP contribution in [0.15, 0.2) is 83.8 Å². The molecule has 132 valence electrons. The summed E-state index contributed by atoms with van der Waals surface area (Å²) in [5.74, 6) is -0.381. The van der Waals surface area contributed by atoms with Gasteiger partial charge in [0.2, 0.25) is 0 Å². The fraction of sp³-hybridized carbons (Fsp3) is 0.0476. The minimum Gasteiger partial charge on any atom is -0.320 e. The second-order valence-electron chi connectivity index (χ2n) is 6.03. The van der Waals surface area contributed by atoms with Gasteiger partial charge in [0.1, 0.15) is 5.69 Å².